The van der Waals surface area contributed by atoms with Gasteiger partial charge in [-0.25, -0.2) is 0 Å². The van der Waals surface area contributed by atoms with E-state index >= 15 is 0 Å². The fourth-order valence-electron chi connectivity index (χ4n) is 3.10. The number of aromatic nitrogens is 2. The molecular formula is C19H26N4O3. The van der Waals surface area contributed by atoms with E-state index in [1.807, 2.05) is 26.1 Å². The number of hydrogen-bond donors (Lipinski definition) is 1. The largest absolute Gasteiger partial charge is 0.388 e. The lowest BCUT2D eigenvalue weighted by Gasteiger charge is -2.32. The van der Waals surface area contributed by atoms with Crippen LogP contribution in [0, 0.1) is 12.8 Å². The van der Waals surface area contributed by atoms with Gasteiger partial charge >= 0.3 is 0 Å². The number of nitrogens with one attached hydrogen (secondary N) is 1. The van der Waals surface area contributed by atoms with Gasteiger partial charge in [0.2, 0.25) is 5.76 Å². The quantitative estimate of drug-likeness (QED) is 0.885. The van der Waals surface area contributed by atoms with Crippen molar-refractivity contribution >= 4 is 11.6 Å². The van der Waals surface area contributed by atoms with Crippen LogP contribution in [0.1, 0.15) is 47.6 Å². The van der Waals surface area contributed by atoms with Crippen molar-refractivity contribution in [3.63, 3.8) is 0 Å². The van der Waals surface area contributed by atoms with Crippen molar-refractivity contribution in [1.29, 1.82) is 0 Å². The van der Waals surface area contributed by atoms with Gasteiger partial charge < -0.3 is 19.5 Å². The van der Waals surface area contributed by atoms with Gasteiger partial charge in [0.25, 0.3) is 5.91 Å². The maximum absolute atomic E-state index is 12.8. The van der Waals surface area contributed by atoms with E-state index in [0.717, 1.165) is 29.2 Å². The normalized spacial score (nSPS) is 17.6. The van der Waals surface area contributed by atoms with Gasteiger partial charge in [-0.05, 0) is 31.4 Å². The van der Waals surface area contributed by atoms with Gasteiger partial charge in [-0.15, -0.1) is 0 Å². The highest BCUT2D eigenvalue weighted by Gasteiger charge is 2.29. The first-order valence-corrected chi connectivity index (χ1v) is 8.99. The lowest BCUT2D eigenvalue weighted by Crippen LogP contribution is -2.42. The van der Waals surface area contributed by atoms with Crippen molar-refractivity contribution in [3.8, 4) is 0 Å². The van der Waals surface area contributed by atoms with Gasteiger partial charge in [0, 0.05) is 31.0 Å². The van der Waals surface area contributed by atoms with Crippen LogP contribution in [0.5, 0.6) is 0 Å². The summed E-state index contributed by atoms with van der Waals surface area (Å²) in [5.74, 6) is 0.598. The SMILES string of the molecule is CNc1cc(C)nc([C@@H]2CN(C(=O)c3cc(CC(C)C)no3)CCO2)c1. The van der Waals surface area contributed by atoms with Crippen molar-refractivity contribution in [2.24, 2.45) is 5.92 Å². The lowest BCUT2D eigenvalue weighted by atomic mass is 10.1. The molecule has 1 atom stereocenters. The minimum atomic E-state index is -0.252. The monoisotopic (exact) mass is 358 g/mol. The van der Waals surface area contributed by atoms with Gasteiger partial charge in [0.1, 0.15) is 6.10 Å². The number of anilines is 1. The Labute approximate surface area is 153 Å². The molecule has 2 aromatic rings. The predicted octanol–water partition coefficient (Wildman–Crippen LogP) is 2.83. The topological polar surface area (TPSA) is 80.5 Å². The molecule has 1 saturated heterocycles. The second kappa shape index (κ2) is 7.86. The first-order chi connectivity index (χ1) is 12.5. The molecule has 3 rings (SSSR count). The molecule has 0 aromatic carbocycles. The minimum Gasteiger partial charge on any atom is -0.388 e. The van der Waals surface area contributed by atoms with E-state index in [4.69, 9.17) is 9.26 Å². The molecule has 7 heteroatoms. The molecule has 0 spiro atoms. The van der Waals surface area contributed by atoms with Crippen LogP contribution in [0.25, 0.3) is 0 Å². The number of carbonyl (C=O) groups is 1. The van der Waals surface area contributed by atoms with Crippen LogP contribution in [0.4, 0.5) is 5.69 Å². The van der Waals surface area contributed by atoms with Crippen molar-refractivity contribution in [2.75, 3.05) is 32.1 Å². The van der Waals surface area contributed by atoms with Crippen LogP contribution in [-0.4, -0.2) is 47.7 Å². The summed E-state index contributed by atoms with van der Waals surface area (Å²) >= 11 is 0. The van der Waals surface area contributed by atoms with Gasteiger partial charge in [-0.2, -0.15) is 0 Å². The molecule has 0 radical (unpaired) electrons. The van der Waals surface area contributed by atoms with E-state index in [1.54, 1.807) is 11.0 Å². The summed E-state index contributed by atoms with van der Waals surface area (Å²) in [6, 6.07) is 5.68. The Balaban J connectivity index is 1.72. The van der Waals surface area contributed by atoms with Crippen LogP contribution < -0.4 is 5.32 Å². The Morgan fingerprint density at radius 3 is 2.92 bits per heavy atom. The highest BCUT2D eigenvalue weighted by Crippen LogP contribution is 2.25. The molecule has 1 fully saturated rings. The standard InChI is InChI=1S/C19H26N4O3/c1-12(2)7-15-10-17(26-22-15)19(24)23-5-6-25-18(11-23)16-9-14(20-4)8-13(3)21-16/h8-10,12,18H,5-7,11H2,1-4H3,(H,20,21)/t18-/m0/s1. The van der Waals surface area contributed by atoms with Crippen LogP contribution in [0.3, 0.4) is 0 Å². The fraction of sp³-hybridized carbons (Fsp3) is 0.526. The number of rotatable bonds is 5. The highest BCUT2D eigenvalue weighted by atomic mass is 16.5. The average Bonchev–Trinajstić information content (AvgIpc) is 3.08. The number of amides is 1. The summed E-state index contributed by atoms with van der Waals surface area (Å²) in [6.45, 7) is 7.60. The maximum Gasteiger partial charge on any atom is 0.292 e. The van der Waals surface area contributed by atoms with Crippen molar-refractivity contribution < 1.29 is 14.1 Å². The second-order valence-corrected chi connectivity index (χ2v) is 7.06. The molecule has 1 aliphatic heterocycles. The number of nitrogens with zero attached hydrogens (tertiary/aromatic N) is 3. The van der Waals surface area contributed by atoms with Crippen LogP contribution in [0.2, 0.25) is 0 Å². The molecule has 7 nitrogen and oxygen atoms in total. The molecule has 1 aliphatic rings. The summed E-state index contributed by atoms with van der Waals surface area (Å²) in [5, 5.41) is 7.14. The third kappa shape index (κ3) is 4.22. The zero-order valence-electron chi connectivity index (χ0n) is 15.8. The zero-order valence-corrected chi connectivity index (χ0v) is 15.8. The summed E-state index contributed by atoms with van der Waals surface area (Å²) < 4.78 is 11.1. The summed E-state index contributed by atoms with van der Waals surface area (Å²) in [4.78, 5) is 19.1. The Bertz CT molecular complexity index is 772. The first kappa shape index (κ1) is 18.4. The van der Waals surface area contributed by atoms with E-state index in [-0.39, 0.29) is 17.8 Å². The van der Waals surface area contributed by atoms with E-state index < -0.39 is 0 Å². The Morgan fingerprint density at radius 1 is 1.38 bits per heavy atom. The molecule has 1 amide bonds. The van der Waals surface area contributed by atoms with Gasteiger partial charge in [-0.1, -0.05) is 19.0 Å². The third-order valence-corrected chi connectivity index (χ3v) is 4.33. The zero-order chi connectivity index (χ0) is 18.7. The van der Waals surface area contributed by atoms with E-state index in [1.165, 1.54) is 0 Å². The van der Waals surface area contributed by atoms with Gasteiger partial charge in [0.05, 0.1) is 24.5 Å². The number of morpholine rings is 1. The molecule has 26 heavy (non-hydrogen) atoms. The van der Waals surface area contributed by atoms with E-state index in [9.17, 15) is 4.79 Å². The molecule has 0 unspecified atom stereocenters. The summed E-state index contributed by atoms with van der Waals surface area (Å²) in [5.41, 5.74) is 3.53. The minimum absolute atomic E-state index is 0.151. The molecule has 2 aromatic heterocycles. The van der Waals surface area contributed by atoms with Gasteiger partial charge in [-0.3, -0.25) is 9.78 Å². The van der Waals surface area contributed by atoms with E-state index in [0.29, 0.717) is 25.6 Å². The Hall–Kier alpha value is -2.41. The Kier molecular flexibility index (Phi) is 5.56. The number of carbonyl (C=O) groups excluding carboxylic acids is 1. The number of aryl methyl sites for hydroxylation is 1. The van der Waals surface area contributed by atoms with Gasteiger partial charge in [0.15, 0.2) is 0 Å². The average molecular weight is 358 g/mol. The Morgan fingerprint density at radius 2 is 2.19 bits per heavy atom. The number of pyridine rings is 1. The van der Waals surface area contributed by atoms with Crippen LogP contribution >= 0.6 is 0 Å². The van der Waals surface area contributed by atoms with Crippen molar-refractivity contribution in [2.45, 2.75) is 33.3 Å². The first-order valence-electron chi connectivity index (χ1n) is 8.99. The number of hydrogen-bond acceptors (Lipinski definition) is 6. The van der Waals surface area contributed by atoms with Crippen LogP contribution in [0.15, 0.2) is 22.7 Å². The molecule has 1 N–H and O–H groups in total. The molecular weight excluding hydrogens is 332 g/mol. The smallest absolute Gasteiger partial charge is 0.292 e. The predicted molar refractivity (Wildman–Crippen MR) is 98.2 cm³/mol. The molecule has 140 valence electrons. The summed E-state index contributed by atoms with van der Waals surface area (Å²) in [7, 11) is 1.87. The molecule has 3 heterocycles. The second-order valence-electron chi connectivity index (χ2n) is 7.06. The lowest BCUT2D eigenvalue weighted by molar-refractivity contribution is -0.0259. The molecule has 0 saturated carbocycles. The fourth-order valence-corrected chi connectivity index (χ4v) is 3.10. The third-order valence-electron chi connectivity index (χ3n) is 4.33. The summed E-state index contributed by atoms with van der Waals surface area (Å²) in [6.07, 6.45) is 0.542. The molecule has 0 bridgehead atoms. The maximum atomic E-state index is 12.8. The van der Waals surface area contributed by atoms with Crippen molar-refractivity contribution in [3.05, 3.63) is 41.0 Å². The number of ether oxygens (including phenoxy) is 1. The van der Waals surface area contributed by atoms with Crippen LogP contribution in [-0.2, 0) is 11.2 Å². The van der Waals surface area contributed by atoms with Crippen molar-refractivity contribution in [1.82, 2.24) is 15.0 Å². The molecule has 0 aliphatic carbocycles. The highest BCUT2D eigenvalue weighted by molar-refractivity contribution is 5.91. The van der Waals surface area contributed by atoms with E-state index in [2.05, 4.69) is 29.3 Å².